The minimum atomic E-state index is 0.705. The van der Waals surface area contributed by atoms with E-state index in [4.69, 9.17) is 0 Å². The first-order valence-electron chi connectivity index (χ1n) is 6.87. The molecule has 106 valence electrons. The number of nitrogens with zero attached hydrogens (tertiary/aromatic N) is 3. The number of para-hydroxylation sites is 1. The van der Waals surface area contributed by atoms with Gasteiger partial charge in [0.1, 0.15) is 0 Å². The highest BCUT2D eigenvalue weighted by Crippen LogP contribution is 2.07. The molecule has 2 rings (SSSR count). The van der Waals surface area contributed by atoms with Crippen molar-refractivity contribution < 1.29 is 0 Å². The molecule has 0 spiro atoms. The van der Waals surface area contributed by atoms with Crippen molar-refractivity contribution in [2.75, 3.05) is 13.6 Å². The van der Waals surface area contributed by atoms with E-state index in [2.05, 4.69) is 27.6 Å². The second-order valence-corrected chi connectivity index (χ2v) is 4.48. The van der Waals surface area contributed by atoms with Gasteiger partial charge in [-0.2, -0.15) is 5.10 Å². The van der Waals surface area contributed by atoms with Gasteiger partial charge in [0.2, 0.25) is 0 Å². The Labute approximate surface area is 119 Å². The van der Waals surface area contributed by atoms with Crippen LogP contribution in [0.25, 0.3) is 5.69 Å². The molecule has 0 saturated carbocycles. The number of hydrogen-bond acceptors (Lipinski definition) is 2. The summed E-state index contributed by atoms with van der Waals surface area (Å²) in [4.78, 5) is 4.17. The average Bonchev–Trinajstić information content (AvgIpc) is 2.97. The lowest BCUT2D eigenvalue weighted by molar-refractivity contribution is 0.781. The van der Waals surface area contributed by atoms with Crippen LogP contribution < -0.4 is 10.6 Å². The maximum Gasteiger partial charge on any atom is 0.191 e. The van der Waals surface area contributed by atoms with Gasteiger partial charge in [-0.25, -0.2) is 4.68 Å². The Morgan fingerprint density at radius 1 is 1.25 bits per heavy atom. The molecule has 1 aromatic carbocycles. The summed E-state index contributed by atoms with van der Waals surface area (Å²) in [5.41, 5.74) is 2.18. The summed E-state index contributed by atoms with van der Waals surface area (Å²) in [6.07, 6.45) is 4.97. The lowest BCUT2D eigenvalue weighted by Gasteiger charge is -2.09. The molecule has 0 atom stereocenters. The minimum absolute atomic E-state index is 0.705. The Morgan fingerprint density at radius 3 is 2.75 bits per heavy atom. The standard InChI is InChI=1S/C15H21N5/c1-3-9-17-15(16-2)18-10-13-11-19-20(12-13)14-7-5-4-6-8-14/h4-8,11-12H,3,9-10H2,1-2H3,(H2,16,17,18). The van der Waals surface area contributed by atoms with Crippen molar-refractivity contribution in [3.63, 3.8) is 0 Å². The van der Waals surface area contributed by atoms with E-state index in [1.54, 1.807) is 7.05 Å². The number of hydrogen-bond donors (Lipinski definition) is 2. The van der Waals surface area contributed by atoms with Crippen LogP contribution in [0.5, 0.6) is 0 Å². The summed E-state index contributed by atoms with van der Waals surface area (Å²) in [6.45, 7) is 3.75. The Balaban J connectivity index is 1.93. The van der Waals surface area contributed by atoms with E-state index in [1.807, 2.05) is 47.4 Å². The molecule has 1 aromatic heterocycles. The smallest absolute Gasteiger partial charge is 0.191 e. The molecule has 1 heterocycles. The topological polar surface area (TPSA) is 54.2 Å². The van der Waals surface area contributed by atoms with Crippen molar-refractivity contribution in [3.05, 3.63) is 48.3 Å². The Morgan fingerprint density at radius 2 is 2.05 bits per heavy atom. The predicted octanol–water partition coefficient (Wildman–Crippen LogP) is 1.95. The zero-order chi connectivity index (χ0) is 14.2. The second-order valence-electron chi connectivity index (χ2n) is 4.48. The summed E-state index contributed by atoms with van der Waals surface area (Å²) >= 11 is 0. The Hall–Kier alpha value is -2.30. The van der Waals surface area contributed by atoms with Crippen LogP contribution in [-0.2, 0) is 6.54 Å². The Bertz CT molecular complexity index is 544. The van der Waals surface area contributed by atoms with Gasteiger partial charge in [-0.05, 0) is 18.6 Å². The van der Waals surface area contributed by atoms with E-state index in [1.165, 1.54) is 0 Å². The van der Waals surface area contributed by atoms with Crippen molar-refractivity contribution in [1.82, 2.24) is 20.4 Å². The third kappa shape index (κ3) is 3.85. The molecule has 20 heavy (non-hydrogen) atoms. The van der Waals surface area contributed by atoms with Gasteiger partial charge >= 0.3 is 0 Å². The summed E-state index contributed by atoms with van der Waals surface area (Å²) in [5.74, 6) is 0.819. The quantitative estimate of drug-likeness (QED) is 0.645. The van der Waals surface area contributed by atoms with E-state index in [-0.39, 0.29) is 0 Å². The van der Waals surface area contributed by atoms with Gasteiger partial charge in [-0.15, -0.1) is 0 Å². The van der Waals surface area contributed by atoms with Crippen molar-refractivity contribution in [3.8, 4) is 5.69 Å². The first-order chi connectivity index (χ1) is 9.83. The fraction of sp³-hybridized carbons (Fsp3) is 0.333. The molecule has 0 bridgehead atoms. The highest BCUT2D eigenvalue weighted by Gasteiger charge is 2.02. The summed E-state index contributed by atoms with van der Waals surface area (Å²) < 4.78 is 1.87. The van der Waals surface area contributed by atoms with E-state index in [0.29, 0.717) is 6.54 Å². The summed E-state index contributed by atoms with van der Waals surface area (Å²) in [7, 11) is 1.78. The van der Waals surface area contributed by atoms with Gasteiger partial charge in [-0.3, -0.25) is 4.99 Å². The lowest BCUT2D eigenvalue weighted by Crippen LogP contribution is -2.37. The largest absolute Gasteiger partial charge is 0.356 e. The number of guanidine groups is 1. The second kappa shape index (κ2) is 7.33. The van der Waals surface area contributed by atoms with Gasteiger partial charge < -0.3 is 10.6 Å². The number of aromatic nitrogens is 2. The zero-order valence-corrected chi connectivity index (χ0v) is 12.0. The molecule has 0 radical (unpaired) electrons. The molecule has 2 aromatic rings. The van der Waals surface area contributed by atoms with E-state index in [0.717, 1.165) is 30.2 Å². The first-order valence-corrected chi connectivity index (χ1v) is 6.87. The molecule has 0 saturated heterocycles. The van der Waals surface area contributed by atoms with E-state index < -0.39 is 0 Å². The Kier molecular flexibility index (Phi) is 5.17. The summed E-state index contributed by atoms with van der Waals surface area (Å²) in [5, 5.41) is 10.9. The van der Waals surface area contributed by atoms with Gasteiger partial charge in [-0.1, -0.05) is 25.1 Å². The van der Waals surface area contributed by atoms with Crippen LogP contribution in [0.15, 0.2) is 47.7 Å². The zero-order valence-electron chi connectivity index (χ0n) is 12.0. The number of benzene rings is 1. The molecule has 0 aliphatic carbocycles. The molecule has 0 aliphatic rings. The molecule has 0 unspecified atom stereocenters. The monoisotopic (exact) mass is 271 g/mol. The van der Waals surface area contributed by atoms with Crippen LogP contribution in [-0.4, -0.2) is 29.3 Å². The predicted molar refractivity (Wildman–Crippen MR) is 82.1 cm³/mol. The van der Waals surface area contributed by atoms with Crippen LogP contribution in [0.4, 0.5) is 0 Å². The molecule has 0 amide bonds. The molecule has 5 nitrogen and oxygen atoms in total. The fourth-order valence-corrected chi connectivity index (χ4v) is 1.82. The highest BCUT2D eigenvalue weighted by molar-refractivity contribution is 5.79. The van der Waals surface area contributed by atoms with Gasteiger partial charge in [0.15, 0.2) is 5.96 Å². The molecular weight excluding hydrogens is 250 g/mol. The molecule has 2 N–H and O–H groups in total. The molecule has 0 aliphatic heterocycles. The van der Waals surface area contributed by atoms with Crippen LogP contribution in [0, 0.1) is 0 Å². The highest BCUT2D eigenvalue weighted by atomic mass is 15.3. The van der Waals surface area contributed by atoms with Crippen LogP contribution >= 0.6 is 0 Å². The minimum Gasteiger partial charge on any atom is -0.356 e. The maximum atomic E-state index is 4.37. The van der Waals surface area contributed by atoms with Crippen molar-refractivity contribution in [1.29, 1.82) is 0 Å². The third-order valence-corrected chi connectivity index (χ3v) is 2.88. The maximum absolute atomic E-state index is 4.37. The van der Waals surface area contributed by atoms with Gasteiger partial charge in [0.05, 0.1) is 11.9 Å². The van der Waals surface area contributed by atoms with Crippen molar-refractivity contribution in [2.45, 2.75) is 19.9 Å². The normalized spacial score (nSPS) is 11.4. The lowest BCUT2D eigenvalue weighted by atomic mass is 10.3. The summed E-state index contributed by atoms with van der Waals surface area (Å²) in [6, 6.07) is 10.1. The number of nitrogens with one attached hydrogen (secondary N) is 2. The SMILES string of the molecule is CCCNC(=NC)NCc1cnn(-c2ccccc2)c1. The molecule has 5 heteroatoms. The van der Waals surface area contributed by atoms with Gasteiger partial charge in [0, 0.05) is 31.9 Å². The van der Waals surface area contributed by atoms with Gasteiger partial charge in [0.25, 0.3) is 0 Å². The molecule has 0 fully saturated rings. The van der Waals surface area contributed by atoms with Crippen molar-refractivity contribution in [2.24, 2.45) is 4.99 Å². The van der Waals surface area contributed by atoms with Crippen molar-refractivity contribution >= 4 is 5.96 Å². The fourth-order valence-electron chi connectivity index (χ4n) is 1.82. The first kappa shape index (κ1) is 14.1. The van der Waals surface area contributed by atoms with Crippen LogP contribution in [0.3, 0.4) is 0 Å². The van der Waals surface area contributed by atoms with E-state index >= 15 is 0 Å². The van der Waals surface area contributed by atoms with E-state index in [9.17, 15) is 0 Å². The third-order valence-electron chi connectivity index (χ3n) is 2.88. The number of rotatable bonds is 5. The number of aliphatic imine (C=N–C) groups is 1. The van der Waals surface area contributed by atoms with Crippen LogP contribution in [0.1, 0.15) is 18.9 Å². The van der Waals surface area contributed by atoms with Crippen LogP contribution in [0.2, 0.25) is 0 Å². The molecular formula is C15H21N5. The average molecular weight is 271 g/mol.